The Morgan fingerprint density at radius 3 is 2.85 bits per heavy atom. The van der Waals surface area contributed by atoms with Gasteiger partial charge in [0.1, 0.15) is 23.7 Å². The Labute approximate surface area is 144 Å². The molecule has 12 nitrogen and oxygen atoms in total. The van der Waals surface area contributed by atoms with Gasteiger partial charge in [0.05, 0.1) is 12.4 Å². The maximum absolute atomic E-state index is 11.8. The molecule has 1 aliphatic rings. The summed E-state index contributed by atoms with van der Waals surface area (Å²) in [6.45, 7) is 0.0789. The first-order valence-electron chi connectivity index (χ1n) is 7.75. The van der Waals surface area contributed by atoms with Crippen LogP contribution in [0, 0.1) is 0 Å². The third-order valence-corrected chi connectivity index (χ3v) is 4.39. The number of ether oxygens (including phenoxy) is 1. The third-order valence-electron chi connectivity index (χ3n) is 4.39. The lowest BCUT2D eigenvalue weighted by atomic mass is 10.1. The lowest BCUT2D eigenvalue weighted by Gasteiger charge is -2.18. The van der Waals surface area contributed by atoms with Crippen LogP contribution in [0.5, 0.6) is 0 Å². The Morgan fingerprint density at radius 2 is 2.12 bits per heavy atom. The second-order valence-corrected chi connectivity index (χ2v) is 6.04. The smallest absolute Gasteiger partial charge is 0.280 e. The molecule has 3 aromatic rings. The van der Waals surface area contributed by atoms with Gasteiger partial charge in [0, 0.05) is 13.0 Å². The standard InChI is InChI=1S/C14H15N7O5/c15-7-8(11(24)10(7)23)17-2-5-4(22)1-6(26-5)21-3-18-9-12(21)19-14(16)20-13(9)25/h3-6,17,22H,1-2,15H2,(H3,16,19,20,25). The number of nitrogen functional groups attached to an aromatic ring is 2. The van der Waals surface area contributed by atoms with E-state index in [4.69, 9.17) is 16.2 Å². The van der Waals surface area contributed by atoms with Gasteiger partial charge in [0.2, 0.25) is 5.95 Å². The van der Waals surface area contributed by atoms with Crippen LogP contribution in [0.2, 0.25) is 0 Å². The van der Waals surface area contributed by atoms with Gasteiger partial charge in [0.15, 0.2) is 11.2 Å². The Kier molecular flexibility index (Phi) is 3.52. The minimum absolute atomic E-state index is 0.0308. The van der Waals surface area contributed by atoms with E-state index in [1.54, 1.807) is 0 Å². The predicted octanol–water partition coefficient (Wildman–Crippen LogP) is -2.36. The monoisotopic (exact) mass is 361 g/mol. The first-order chi connectivity index (χ1) is 12.4. The molecule has 0 amide bonds. The fourth-order valence-electron chi connectivity index (χ4n) is 3.01. The largest absolute Gasteiger partial charge is 0.394 e. The summed E-state index contributed by atoms with van der Waals surface area (Å²) in [6.07, 6.45) is -0.542. The number of aliphatic hydroxyl groups is 1. The van der Waals surface area contributed by atoms with Crippen LogP contribution in [0.15, 0.2) is 20.7 Å². The van der Waals surface area contributed by atoms with Crippen molar-refractivity contribution in [2.75, 3.05) is 23.3 Å². The number of hydrogen-bond acceptors (Lipinski definition) is 10. The first-order valence-corrected chi connectivity index (χ1v) is 7.75. The van der Waals surface area contributed by atoms with Gasteiger partial charge >= 0.3 is 0 Å². The first kappa shape index (κ1) is 16.2. The van der Waals surface area contributed by atoms with Crippen molar-refractivity contribution in [1.29, 1.82) is 0 Å². The van der Waals surface area contributed by atoms with Gasteiger partial charge < -0.3 is 26.6 Å². The number of H-pyrrole nitrogens is 1. The Bertz CT molecular complexity index is 1130. The topological polar surface area (TPSA) is 191 Å². The molecule has 26 heavy (non-hydrogen) atoms. The summed E-state index contributed by atoms with van der Waals surface area (Å²) in [5, 5.41) is 12.9. The summed E-state index contributed by atoms with van der Waals surface area (Å²) in [5.74, 6) is -0.0587. The second kappa shape index (κ2) is 5.64. The van der Waals surface area contributed by atoms with Crippen LogP contribution in [0.4, 0.5) is 17.3 Å². The molecule has 136 valence electrons. The van der Waals surface area contributed by atoms with Crippen molar-refractivity contribution >= 4 is 28.5 Å². The van der Waals surface area contributed by atoms with E-state index in [2.05, 4.69) is 20.3 Å². The maximum Gasteiger partial charge on any atom is 0.280 e. The van der Waals surface area contributed by atoms with E-state index in [-0.39, 0.29) is 41.5 Å². The van der Waals surface area contributed by atoms with E-state index in [1.165, 1.54) is 10.9 Å². The highest BCUT2D eigenvalue weighted by molar-refractivity contribution is 5.71. The summed E-state index contributed by atoms with van der Waals surface area (Å²) in [7, 11) is 0. The van der Waals surface area contributed by atoms with Crippen LogP contribution in [0.1, 0.15) is 12.6 Å². The average Bonchev–Trinajstić information content (AvgIpc) is 3.18. The number of nitrogens with zero attached hydrogens (tertiary/aromatic N) is 3. The molecule has 0 saturated carbocycles. The zero-order valence-corrected chi connectivity index (χ0v) is 13.3. The number of nitrogens with one attached hydrogen (secondary N) is 2. The van der Waals surface area contributed by atoms with Crippen LogP contribution in [-0.2, 0) is 4.74 Å². The zero-order valence-electron chi connectivity index (χ0n) is 13.3. The zero-order chi connectivity index (χ0) is 18.6. The van der Waals surface area contributed by atoms with Crippen molar-refractivity contribution in [3.63, 3.8) is 0 Å². The highest BCUT2D eigenvalue weighted by Crippen LogP contribution is 2.30. The van der Waals surface area contributed by atoms with Gasteiger partial charge in [-0.3, -0.25) is 23.9 Å². The minimum atomic E-state index is -0.850. The van der Waals surface area contributed by atoms with E-state index in [9.17, 15) is 19.5 Å². The molecule has 0 spiro atoms. The molecule has 1 fully saturated rings. The summed E-state index contributed by atoms with van der Waals surface area (Å²) in [5.41, 5.74) is 9.37. The van der Waals surface area contributed by atoms with Crippen molar-refractivity contribution in [2.24, 2.45) is 0 Å². The molecule has 7 N–H and O–H groups in total. The van der Waals surface area contributed by atoms with Crippen molar-refractivity contribution in [3.05, 3.63) is 37.1 Å². The Hall–Kier alpha value is -3.25. The SMILES string of the molecule is Nc1nc2c(ncn2C2CC(O)C(CNc3c(N)c(=O)c3=O)O2)c(=O)[nH]1. The van der Waals surface area contributed by atoms with Gasteiger partial charge in [-0.05, 0) is 0 Å². The molecule has 1 aromatic carbocycles. The molecule has 2 aromatic heterocycles. The highest BCUT2D eigenvalue weighted by Gasteiger charge is 2.36. The van der Waals surface area contributed by atoms with Crippen LogP contribution in [-0.4, -0.2) is 43.4 Å². The average molecular weight is 361 g/mol. The molecular formula is C14H15N7O5. The van der Waals surface area contributed by atoms with E-state index in [0.717, 1.165) is 0 Å². The van der Waals surface area contributed by atoms with Crippen LogP contribution in [0.25, 0.3) is 11.2 Å². The molecule has 4 rings (SSSR count). The number of nitrogens with two attached hydrogens (primary N) is 2. The van der Waals surface area contributed by atoms with E-state index in [1.807, 2.05) is 0 Å². The summed E-state index contributed by atoms with van der Waals surface area (Å²) < 4.78 is 7.29. The number of aromatic nitrogens is 4. The molecule has 3 heterocycles. The lowest BCUT2D eigenvalue weighted by Crippen LogP contribution is -2.39. The molecule has 0 aliphatic carbocycles. The van der Waals surface area contributed by atoms with Crippen molar-refractivity contribution in [1.82, 2.24) is 19.5 Å². The normalized spacial score (nSPS) is 23.0. The van der Waals surface area contributed by atoms with Gasteiger partial charge in [-0.1, -0.05) is 0 Å². The molecule has 0 bridgehead atoms. The minimum Gasteiger partial charge on any atom is -0.394 e. The number of fused-ring (bicyclic) bond motifs is 1. The number of aromatic amines is 1. The van der Waals surface area contributed by atoms with Crippen LogP contribution < -0.4 is 33.2 Å². The van der Waals surface area contributed by atoms with Gasteiger partial charge in [-0.15, -0.1) is 0 Å². The molecule has 3 unspecified atom stereocenters. The van der Waals surface area contributed by atoms with Gasteiger partial charge in [-0.25, -0.2) is 4.98 Å². The fraction of sp³-hybridized carbons (Fsp3) is 0.357. The van der Waals surface area contributed by atoms with E-state index in [0.29, 0.717) is 0 Å². The van der Waals surface area contributed by atoms with Crippen molar-refractivity contribution in [3.8, 4) is 0 Å². The fourth-order valence-corrected chi connectivity index (χ4v) is 3.01. The highest BCUT2D eigenvalue weighted by atomic mass is 16.5. The molecule has 0 radical (unpaired) electrons. The summed E-state index contributed by atoms with van der Waals surface area (Å²) in [4.78, 5) is 44.7. The molecule has 1 saturated heterocycles. The number of aliphatic hydroxyl groups excluding tert-OH is 1. The predicted molar refractivity (Wildman–Crippen MR) is 91.4 cm³/mol. The second-order valence-electron chi connectivity index (χ2n) is 6.04. The van der Waals surface area contributed by atoms with Crippen molar-refractivity contribution < 1.29 is 9.84 Å². The van der Waals surface area contributed by atoms with Crippen LogP contribution in [0.3, 0.4) is 0 Å². The molecule has 1 aliphatic heterocycles. The third kappa shape index (κ3) is 2.34. The number of imidazole rings is 1. The van der Waals surface area contributed by atoms with Crippen molar-refractivity contribution in [2.45, 2.75) is 24.9 Å². The number of anilines is 3. The van der Waals surface area contributed by atoms with Gasteiger partial charge in [0.25, 0.3) is 16.4 Å². The van der Waals surface area contributed by atoms with E-state index >= 15 is 0 Å². The van der Waals surface area contributed by atoms with E-state index < -0.39 is 34.9 Å². The number of hydrogen-bond donors (Lipinski definition) is 5. The van der Waals surface area contributed by atoms with Gasteiger partial charge in [-0.2, -0.15) is 4.98 Å². The maximum atomic E-state index is 11.8. The van der Waals surface area contributed by atoms with Crippen LogP contribution >= 0.6 is 0 Å². The summed E-state index contributed by atoms with van der Waals surface area (Å²) in [6, 6.07) is 0. The molecule has 3 atom stereocenters. The number of rotatable bonds is 4. The Balaban J connectivity index is 1.53. The Morgan fingerprint density at radius 1 is 1.35 bits per heavy atom. The summed E-state index contributed by atoms with van der Waals surface area (Å²) >= 11 is 0. The molecule has 12 heteroatoms. The lowest BCUT2D eigenvalue weighted by molar-refractivity contribution is -0.00935. The quantitative estimate of drug-likeness (QED) is 0.314. The molecular weight excluding hydrogens is 346 g/mol.